The molecule has 0 saturated carbocycles. The SMILES string of the molecule is O=C(/C=C/c1ccccc1)Nc1ccc(C(=O)Oc2ccccc2)c(O)c1. The number of para-hydroxylation sites is 1. The van der Waals surface area contributed by atoms with Gasteiger partial charge < -0.3 is 15.2 Å². The third kappa shape index (κ3) is 5.06. The fourth-order valence-corrected chi connectivity index (χ4v) is 2.35. The van der Waals surface area contributed by atoms with Crippen molar-refractivity contribution in [2.45, 2.75) is 0 Å². The van der Waals surface area contributed by atoms with E-state index in [1.54, 1.807) is 36.4 Å². The second kappa shape index (κ2) is 8.49. The van der Waals surface area contributed by atoms with Gasteiger partial charge in [-0.25, -0.2) is 4.79 Å². The van der Waals surface area contributed by atoms with E-state index in [1.807, 2.05) is 30.3 Å². The van der Waals surface area contributed by atoms with Crippen LogP contribution in [0.1, 0.15) is 15.9 Å². The standard InChI is InChI=1S/C22H17NO4/c24-20-15-17(23-21(25)14-11-16-7-3-1-4-8-16)12-13-19(20)22(26)27-18-9-5-2-6-10-18/h1-15,24H,(H,23,25)/b14-11+. The molecule has 0 spiro atoms. The number of rotatable bonds is 5. The minimum absolute atomic E-state index is 0.0108. The van der Waals surface area contributed by atoms with Crippen LogP contribution in [0.4, 0.5) is 5.69 Å². The van der Waals surface area contributed by atoms with Crippen molar-refractivity contribution in [1.29, 1.82) is 0 Å². The molecule has 2 N–H and O–H groups in total. The molecule has 0 unspecified atom stereocenters. The molecule has 134 valence electrons. The minimum Gasteiger partial charge on any atom is -0.507 e. The lowest BCUT2D eigenvalue weighted by atomic mass is 10.1. The molecule has 0 aliphatic heterocycles. The zero-order valence-corrected chi connectivity index (χ0v) is 14.3. The molecule has 3 rings (SSSR count). The van der Waals surface area contributed by atoms with Crippen molar-refractivity contribution in [3.8, 4) is 11.5 Å². The van der Waals surface area contributed by atoms with Gasteiger partial charge in [0.2, 0.25) is 5.91 Å². The monoisotopic (exact) mass is 359 g/mol. The van der Waals surface area contributed by atoms with Gasteiger partial charge in [-0.3, -0.25) is 4.79 Å². The average molecular weight is 359 g/mol. The first-order valence-electron chi connectivity index (χ1n) is 8.26. The highest BCUT2D eigenvalue weighted by Gasteiger charge is 2.14. The summed E-state index contributed by atoms with van der Waals surface area (Å²) in [6, 6.07) is 22.2. The number of hydrogen-bond acceptors (Lipinski definition) is 4. The molecule has 0 saturated heterocycles. The summed E-state index contributed by atoms with van der Waals surface area (Å²) in [5, 5.41) is 12.7. The van der Waals surface area contributed by atoms with Crippen LogP contribution in [-0.4, -0.2) is 17.0 Å². The van der Waals surface area contributed by atoms with E-state index in [9.17, 15) is 14.7 Å². The molecule has 5 heteroatoms. The molecule has 3 aromatic rings. The van der Waals surface area contributed by atoms with Crippen LogP contribution in [0.25, 0.3) is 6.08 Å². The molecule has 5 nitrogen and oxygen atoms in total. The number of benzene rings is 3. The highest BCUT2D eigenvalue weighted by molar-refractivity contribution is 6.02. The van der Waals surface area contributed by atoms with E-state index in [0.29, 0.717) is 11.4 Å². The fraction of sp³-hybridized carbons (Fsp3) is 0. The molecule has 0 radical (unpaired) electrons. The first-order valence-corrected chi connectivity index (χ1v) is 8.26. The van der Waals surface area contributed by atoms with E-state index in [1.165, 1.54) is 24.3 Å². The fourth-order valence-electron chi connectivity index (χ4n) is 2.35. The van der Waals surface area contributed by atoms with Crippen molar-refractivity contribution in [2.75, 3.05) is 5.32 Å². The lowest BCUT2D eigenvalue weighted by molar-refractivity contribution is -0.111. The lowest BCUT2D eigenvalue weighted by Gasteiger charge is -2.08. The largest absolute Gasteiger partial charge is 0.507 e. The van der Waals surface area contributed by atoms with Crippen molar-refractivity contribution in [1.82, 2.24) is 0 Å². The predicted molar refractivity (Wildman–Crippen MR) is 104 cm³/mol. The Bertz CT molecular complexity index is 966. The number of phenolic OH excluding ortho intramolecular Hbond substituents is 1. The summed E-state index contributed by atoms with van der Waals surface area (Å²) in [6.45, 7) is 0. The molecule has 1 amide bonds. The Morgan fingerprint density at radius 3 is 2.22 bits per heavy atom. The Balaban J connectivity index is 1.65. The molecule has 0 heterocycles. The normalized spacial score (nSPS) is 10.5. The zero-order valence-electron chi connectivity index (χ0n) is 14.3. The number of esters is 1. The van der Waals surface area contributed by atoms with Crippen LogP contribution < -0.4 is 10.1 Å². The highest BCUT2D eigenvalue weighted by Crippen LogP contribution is 2.24. The summed E-state index contributed by atoms with van der Waals surface area (Å²) >= 11 is 0. The van der Waals surface area contributed by atoms with Crippen molar-refractivity contribution in [2.24, 2.45) is 0 Å². The Morgan fingerprint density at radius 2 is 1.56 bits per heavy atom. The van der Waals surface area contributed by atoms with Gasteiger partial charge >= 0.3 is 5.97 Å². The Kier molecular flexibility index (Phi) is 5.64. The third-order valence-electron chi connectivity index (χ3n) is 3.67. The van der Waals surface area contributed by atoms with E-state index in [-0.39, 0.29) is 17.2 Å². The summed E-state index contributed by atoms with van der Waals surface area (Å²) in [6.07, 6.45) is 3.07. The van der Waals surface area contributed by atoms with Crippen LogP contribution in [0.2, 0.25) is 0 Å². The van der Waals surface area contributed by atoms with Gasteiger partial charge in [0.05, 0.1) is 0 Å². The van der Waals surface area contributed by atoms with Gasteiger partial charge in [-0.05, 0) is 35.9 Å². The van der Waals surface area contributed by atoms with Crippen molar-refractivity contribution >= 4 is 23.6 Å². The van der Waals surface area contributed by atoms with Gasteiger partial charge in [-0.1, -0.05) is 48.5 Å². The van der Waals surface area contributed by atoms with Crippen molar-refractivity contribution in [3.63, 3.8) is 0 Å². The van der Waals surface area contributed by atoms with Gasteiger partial charge in [0.1, 0.15) is 17.1 Å². The second-order valence-corrected chi connectivity index (χ2v) is 5.67. The average Bonchev–Trinajstić information content (AvgIpc) is 2.68. The van der Waals surface area contributed by atoms with Crippen LogP contribution in [0.15, 0.2) is 84.9 Å². The molecule has 0 aliphatic rings. The zero-order chi connectivity index (χ0) is 19.1. The Hall–Kier alpha value is -3.86. The Morgan fingerprint density at radius 1 is 0.889 bits per heavy atom. The summed E-state index contributed by atoms with van der Waals surface area (Å²) in [5.74, 6) is -0.926. The number of ether oxygens (including phenoxy) is 1. The maximum Gasteiger partial charge on any atom is 0.347 e. The van der Waals surface area contributed by atoms with Gasteiger partial charge in [0.15, 0.2) is 0 Å². The number of amides is 1. The number of carbonyl (C=O) groups is 2. The van der Waals surface area contributed by atoms with Gasteiger partial charge in [0, 0.05) is 17.8 Å². The molecule has 0 fully saturated rings. The summed E-state index contributed by atoms with van der Waals surface area (Å²) in [4.78, 5) is 24.1. The molecule has 0 aliphatic carbocycles. The van der Waals surface area contributed by atoms with E-state index >= 15 is 0 Å². The molecule has 0 atom stereocenters. The van der Waals surface area contributed by atoms with Crippen LogP contribution in [-0.2, 0) is 4.79 Å². The molecule has 0 bridgehead atoms. The van der Waals surface area contributed by atoms with Crippen LogP contribution in [0.5, 0.6) is 11.5 Å². The number of nitrogens with one attached hydrogen (secondary N) is 1. The Labute approximate surface area is 156 Å². The summed E-state index contributed by atoms with van der Waals surface area (Å²) < 4.78 is 5.19. The van der Waals surface area contributed by atoms with Crippen LogP contribution in [0.3, 0.4) is 0 Å². The van der Waals surface area contributed by atoms with E-state index in [4.69, 9.17) is 4.74 Å². The van der Waals surface area contributed by atoms with Crippen LogP contribution >= 0.6 is 0 Å². The number of hydrogen-bond donors (Lipinski definition) is 2. The molecule has 27 heavy (non-hydrogen) atoms. The highest BCUT2D eigenvalue weighted by atomic mass is 16.5. The number of aromatic hydroxyl groups is 1. The maximum absolute atomic E-state index is 12.1. The van der Waals surface area contributed by atoms with E-state index in [2.05, 4.69) is 5.32 Å². The van der Waals surface area contributed by atoms with Crippen molar-refractivity contribution < 1.29 is 19.4 Å². The topological polar surface area (TPSA) is 75.6 Å². The van der Waals surface area contributed by atoms with E-state index in [0.717, 1.165) is 5.56 Å². The van der Waals surface area contributed by atoms with Crippen molar-refractivity contribution in [3.05, 3.63) is 96.1 Å². The van der Waals surface area contributed by atoms with Crippen LogP contribution in [0, 0.1) is 0 Å². The number of anilines is 1. The van der Waals surface area contributed by atoms with Gasteiger partial charge in [0.25, 0.3) is 0 Å². The number of carbonyl (C=O) groups excluding carboxylic acids is 2. The molecule has 0 aromatic heterocycles. The summed E-state index contributed by atoms with van der Waals surface area (Å²) in [5.41, 5.74) is 1.28. The lowest BCUT2D eigenvalue weighted by Crippen LogP contribution is -2.10. The smallest absolute Gasteiger partial charge is 0.347 e. The maximum atomic E-state index is 12.1. The number of phenols is 1. The first-order chi connectivity index (χ1) is 13.1. The summed E-state index contributed by atoms with van der Waals surface area (Å²) in [7, 11) is 0. The first kappa shape index (κ1) is 17.9. The van der Waals surface area contributed by atoms with E-state index < -0.39 is 5.97 Å². The van der Waals surface area contributed by atoms with Gasteiger partial charge in [-0.15, -0.1) is 0 Å². The molecule has 3 aromatic carbocycles. The predicted octanol–water partition coefficient (Wildman–Crippen LogP) is 4.26. The second-order valence-electron chi connectivity index (χ2n) is 5.67. The molecular weight excluding hydrogens is 342 g/mol. The third-order valence-corrected chi connectivity index (χ3v) is 3.67. The van der Waals surface area contributed by atoms with Gasteiger partial charge in [-0.2, -0.15) is 0 Å². The minimum atomic E-state index is -0.680. The molecular formula is C22H17NO4. The quantitative estimate of drug-likeness (QED) is 0.405.